The summed E-state index contributed by atoms with van der Waals surface area (Å²) in [6, 6.07) is 2.50. The highest BCUT2D eigenvalue weighted by atomic mass is 19.1. The molecule has 2 amide bonds. The van der Waals surface area contributed by atoms with E-state index in [1.165, 1.54) is 12.7 Å². The maximum Gasteiger partial charge on any atom is 0.326 e. The van der Waals surface area contributed by atoms with Gasteiger partial charge in [0.15, 0.2) is 0 Å². The number of pyridine rings is 1. The van der Waals surface area contributed by atoms with Crippen molar-refractivity contribution < 1.29 is 28.6 Å². The van der Waals surface area contributed by atoms with Gasteiger partial charge in [-0.1, -0.05) is 6.07 Å². The number of amides is 2. The molecule has 11 heteroatoms. The van der Waals surface area contributed by atoms with Gasteiger partial charge in [-0.05, 0) is 70.5 Å². The molecule has 0 radical (unpaired) electrons. The number of aromatic nitrogens is 1. The predicted molar refractivity (Wildman–Crippen MR) is 143 cm³/mol. The summed E-state index contributed by atoms with van der Waals surface area (Å²) in [6.45, 7) is 6.35. The Morgan fingerprint density at radius 2 is 2.05 bits per heavy atom. The van der Waals surface area contributed by atoms with Crippen molar-refractivity contribution in [1.29, 1.82) is 0 Å². The normalized spacial score (nSPS) is 20.9. The van der Waals surface area contributed by atoms with Gasteiger partial charge >= 0.3 is 12.0 Å². The van der Waals surface area contributed by atoms with E-state index in [1.807, 2.05) is 18.7 Å². The fourth-order valence-corrected chi connectivity index (χ4v) is 5.12. The summed E-state index contributed by atoms with van der Waals surface area (Å²) in [7, 11) is 1.48. The Kier molecular flexibility index (Phi) is 12.0. The molecule has 4 atom stereocenters. The number of nitrogens with zero attached hydrogens (tertiary/aromatic N) is 3. The Hall–Kier alpha value is -2.50. The summed E-state index contributed by atoms with van der Waals surface area (Å²) < 4.78 is 24.1. The lowest BCUT2D eigenvalue weighted by Gasteiger charge is -2.39. The van der Waals surface area contributed by atoms with Crippen molar-refractivity contribution in [3.63, 3.8) is 0 Å². The van der Waals surface area contributed by atoms with Crippen molar-refractivity contribution in [2.75, 3.05) is 58.5 Å². The minimum atomic E-state index is -1.09. The maximum absolute atomic E-state index is 13.4. The number of alkyl halides is 1. The average Bonchev–Trinajstić information content (AvgIpc) is 2.91. The van der Waals surface area contributed by atoms with Crippen LogP contribution in [0.5, 0.6) is 0 Å². The molecule has 214 valence electrons. The Morgan fingerprint density at radius 1 is 1.29 bits per heavy atom. The molecule has 0 aromatic carbocycles. The Morgan fingerprint density at radius 3 is 2.74 bits per heavy atom. The van der Waals surface area contributed by atoms with Gasteiger partial charge in [0, 0.05) is 32.4 Å². The third-order valence-electron chi connectivity index (χ3n) is 7.31. The number of carboxylic acid groups (broad SMARTS) is 1. The SMILES string of the molecule is COC(CF)CN(CCCCc1ccc2c(n1)NCCC2)CCC(NC(=O)N1C(C)COCC1C)C(=O)O. The van der Waals surface area contributed by atoms with Gasteiger partial charge in [0.05, 0.1) is 31.4 Å². The lowest BCUT2D eigenvalue weighted by Crippen LogP contribution is -2.58. The first kappa shape index (κ1) is 30.0. The molecular formula is C27H44FN5O5. The van der Waals surface area contributed by atoms with E-state index in [-0.39, 0.29) is 18.5 Å². The number of urea groups is 1. The second-order valence-electron chi connectivity index (χ2n) is 10.4. The lowest BCUT2D eigenvalue weighted by molar-refractivity contribution is -0.139. The van der Waals surface area contributed by atoms with Crippen LogP contribution in [-0.4, -0.2) is 109 Å². The number of aliphatic carboxylic acids is 1. The first-order chi connectivity index (χ1) is 18.3. The van der Waals surface area contributed by atoms with Crippen molar-refractivity contribution in [2.45, 2.75) is 76.6 Å². The molecule has 0 bridgehead atoms. The number of carbonyl (C=O) groups excluding carboxylic acids is 1. The zero-order chi connectivity index (χ0) is 27.5. The van der Waals surface area contributed by atoms with Crippen LogP contribution in [0.2, 0.25) is 0 Å². The molecule has 3 rings (SSSR count). The minimum Gasteiger partial charge on any atom is -0.480 e. The van der Waals surface area contributed by atoms with Crippen LogP contribution in [0.4, 0.5) is 15.0 Å². The van der Waals surface area contributed by atoms with E-state index in [1.54, 1.807) is 4.90 Å². The third kappa shape index (κ3) is 8.78. The minimum absolute atomic E-state index is 0.142. The number of aryl methyl sites for hydroxylation is 2. The molecular weight excluding hydrogens is 493 g/mol. The van der Waals surface area contributed by atoms with Gasteiger partial charge < -0.3 is 35.0 Å². The monoisotopic (exact) mass is 537 g/mol. The molecule has 3 heterocycles. The predicted octanol–water partition coefficient (Wildman–Crippen LogP) is 2.71. The van der Waals surface area contributed by atoms with Gasteiger partial charge in [0.25, 0.3) is 0 Å². The number of hydrogen-bond donors (Lipinski definition) is 3. The number of rotatable bonds is 14. The average molecular weight is 538 g/mol. The van der Waals surface area contributed by atoms with E-state index in [4.69, 9.17) is 14.5 Å². The van der Waals surface area contributed by atoms with Crippen LogP contribution in [0.1, 0.15) is 50.8 Å². The number of anilines is 1. The van der Waals surface area contributed by atoms with Crippen LogP contribution in [0.3, 0.4) is 0 Å². The van der Waals surface area contributed by atoms with E-state index in [0.717, 1.165) is 50.2 Å². The molecule has 3 N–H and O–H groups in total. The van der Waals surface area contributed by atoms with Crippen molar-refractivity contribution >= 4 is 17.8 Å². The van der Waals surface area contributed by atoms with Gasteiger partial charge in [-0.2, -0.15) is 0 Å². The van der Waals surface area contributed by atoms with Crippen LogP contribution in [0.15, 0.2) is 12.1 Å². The second kappa shape index (κ2) is 15.2. The highest BCUT2D eigenvalue weighted by Crippen LogP contribution is 2.20. The lowest BCUT2D eigenvalue weighted by atomic mass is 10.1. The number of morpholine rings is 1. The number of nitrogens with one attached hydrogen (secondary N) is 2. The summed E-state index contributed by atoms with van der Waals surface area (Å²) in [5.74, 6) is -0.100. The molecule has 0 aliphatic carbocycles. The molecule has 1 fully saturated rings. The van der Waals surface area contributed by atoms with Gasteiger partial charge in [-0.25, -0.2) is 19.0 Å². The maximum atomic E-state index is 13.4. The Balaban J connectivity index is 1.52. The zero-order valence-electron chi connectivity index (χ0n) is 23.0. The Bertz CT molecular complexity index is 893. The molecule has 2 aliphatic heterocycles. The van der Waals surface area contributed by atoms with Crippen LogP contribution in [-0.2, 0) is 27.1 Å². The largest absolute Gasteiger partial charge is 0.480 e. The molecule has 38 heavy (non-hydrogen) atoms. The van der Waals surface area contributed by atoms with Crippen LogP contribution in [0, 0.1) is 0 Å². The molecule has 1 aromatic rings. The molecule has 10 nitrogen and oxygen atoms in total. The summed E-state index contributed by atoms with van der Waals surface area (Å²) in [6.07, 6.45) is 4.39. The van der Waals surface area contributed by atoms with Gasteiger partial charge in [-0.3, -0.25) is 0 Å². The van der Waals surface area contributed by atoms with Crippen LogP contribution in [0.25, 0.3) is 0 Å². The van der Waals surface area contributed by atoms with Crippen LogP contribution < -0.4 is 10.6 Å². The number of methoxy groups -OCH3 is 1. The third-order valence-corrected chi connectivity index (χ3v) is 7.31. The number of unbranched alkanes of at least 4 members (excludes halogenated alkanes) is 1. The van der Waals surface area contributed by atoms with Gasteiger partial charge in [-0.15, -0.1) is 0 Å². The number of fused-ring (bicyclic) bond motifs is 1. The summed E-state index contributed by atoms with van der Waals surface area (Å²) in [5, 5.41) is 15.8. The highest BCUT2D eigenvalue weighted by Gasteiger charge is 2.32. The molecule has 1 aromatic heterocycles. The molecule has 0 spiro atoms. The first-order valence-corrected chi connectivity index (χ1v) is 13.8. The molecule has 2 aliphatic rings. The quantitative estimate of drug-likeness (QED) is 0.310. The fraction of sp³-hybridized carbons (Fsp3) is 0.741. The summed E-state index contributed by atoms with van der Waals surface area (Å²) in [5.41, 5.74) is 2.31. The van der Waals surface area contributed by atoms with Gasteiger partial charge in [0.2, 0.25) is 0 Å². The van der Waals surface area contributed by atoms with Gasteiger partial charge in [0.1, 0.15) is 18.5 Å². The number of carbonyl (C=O) groups is 2. The smallest absolute Gasteiger partial charge is 0.326 e. The second-order valence-corrected chi connectivity index (χ2v) is 10.4. The van der Waals surface area contributed by atoms with E-state index in [9.17, 15) is 19.1 Å². The van der Waals surface area contributed by atoms with E-state index >= 15 is 0 Å². The number of halogens is 1. The molecule has 4 unspecified atom stereocenters. The molecule has 0 saturated carbocycles. The number of carboxylic acids is 1. The number of hydrogen-bond acceptors (Lipinski definition) is 7. The number of ether oxygens (including phenoxy) is 2. The van der Waals surface area contributed by atoms with Crippen molar-refractivity contribution in [3.8, 4) is 0 Å². The van der Waals surface area contributed by atoms with E-state index in [0.29, 0.717) is 32.8 Å². The summed E-state index contributed by atoms with van der Waals surface area (Å²) in [4.78, 5) is 33.3. The van der Waals surface area contributed by atoms with E-state index < -0.39 is 30.8 Å². The standard InChI is InChI=1S/C27H44FN5O5/c1-19-17-38-18-20(2)33(19)27(36)31-24(26(34)35)11-14-32(16-23(15-28)37-3)13-5-4-8-22-10-9-21-7-6-12-29-25(21)30-22/h9-10,19-20,23-24H,4-8,11-18H2,1-3H3,(H,29,30)(H,31,36)(H,34,35). The topological polar surface area (TPSA) is 116 Å². The molecule has 1 saturated heterocycles. The first-order valence-electron chi connectivity index (χ1n) is 13.8. The Labute approximate surface area is 225 Å². The van der Waals surface area contributed by atoms with Crippen LogP contribution >= 0.6 is 0 Å². The van der Waals surface area contributed by atoms with Crippen molar-refractivity contribution in [3.05, 3.63) is 23.4 Å². The van der Waals surface area contributed by atoms with Crippen molar-refractivity contribution in [2.24, 2.45) is 0 Å². The summed E-state index contributed by atoms with van der Waals surface area (Å²) >= 11 is 0. The fourth-order valence-electron chi connectivity index (χ4n) is 5.12. The van der Waals surface area contributed by atoms with E-state index in [2.05, 4.69) is 22.8 Å². The van der Waals surface area contributed by atoms with Crippen molar-refractivity contribution in [1.82, 2.24) is 20.1 Å². The highest BCUT2D eigenvalue weighted by molar-refractivity contribution is 5.83. The zero-order valence-corrected chi connectivity index (χ0v) is 23.0.